The first-order valence-electron chi connectivity index (χ1n) is 6.15. The van der Waals surface area contributed by atoms with E-state index >= 15 is 0 Å². The van der Waals surface area contributed by atoms with Gasteiger partial charge < -0.3 is 0 Å². The summed E-state index contributed by atoms with van der Waals surface area (Å²) in [5, 5.41) is 0. The summed E-state index contributed by atoms with van der Waals surface area (Å²) in [5.74, 6) is 4.05. The molecule has 78 valence electrons. The molecule has 0 amide bonds. The van der Waals surface area contributed by atoms with Crippen molar-refractivity contribution in [2.75, 3.05) is 0 Å². The molecule has 0 aliphatic heterocycles. The lowest BCUT2D eigenvalue weighted by atomic mass is 9.64. The van der Waals surface area contributed by atoms with E-state index in [1.807, 2.05) is 0 Å². The molecule has 1 rings (SSSR count). The third-order valence-electron chi connectivity index (χ3n) is 4.14. The minimum Gasteiger partial charge on any atom is -0.0651 e. The summed E-state index contributed by atoms with van der Waals surface area (Å²) < 4.78 is 0. The van der Waals surface area contributed by atoms with Gasteiger partial charge in [0, 0.05) is 0 Å². The third-order valence-corrected chi connectivity index (χ3v) is 4.14. The molecule has 0 aromatic heterocycles. The first-order chi connectivity index (χ1) is 6.15. The van der Waals surface area contributed by atoms with Gasteiger partial charge in [0.25, 0.3) is 0 Å². The van der Waals surface area contributed by atoms with Gasteiger partial charge in [-0.05, 0) is 36.5 Å². The van der Waals surface area contributed by atoms with Crippen LogP contribution < -0.4 is 0 Å². The quantitative estimate of drug-likeness (QED) is 0.587. The van der Waals surface area contributed by atoms with Crippen LogP contribution in [0.5, 0.6) is 0 Å². The van der Waals surface area contributed by atoms with Crippen LogP contribution in [0.1, 0.15) is 59.8 Å². The Morgan fingerprint density at radius 2 is 1.85 bits per heavy atom. The summed E-state index contributed by atoms with van der Waals surface area (Å²) in [6.07, 6.45) is 7.25. The Labute approximate surface area is 84.1 Å². The van der Waals surface area contributed by atoms with E-state index in [1.165, 1.54) is 32.1 Å². The molecule has 1 aliphatic rings. The van der Waals surface area contributed by atoms with Gasteiger partial charge in [-0.15, -0.1) is 0 Å². The van der Waals surface area contributed by atoms with Crippen LogP contribution >= 0.6 is 0 Å². The molecule has 0 nitrogen and oxygen atoms in total. The van der Waals surface area contributed by atoms with Crippen molar-refractivity contribution in [2.45, 2.75) is 59.8 Å². The average molecular weight is 182 g/mol. The zero-order chi connectivity index (χ0) is 9.84. The first-order valence-corrected chi connectivity index (χ1v) is 6.15. The van der Waals surface area contributed by atoms with Gasteiger partial charge in [0.2, 0.25) is 0 Å². The molecule has 3 atom stereocenters. The molecule has 0 radical (unpaired) electrons. The van der Waals surface area contributed by atoms with Gasteiger partial charge >= 0.3 is 0 Å². The highest BCUT2D eigenvalue weighted by molar-refractivity contribution is 4.83. The van der Waals surface area contributed by atoms with Gasteiger partial charge in [-0.2, -0.15) is 0 Å². The Balaban J connectivity index is 2.05. The van der Waals surface area contributed by atoms with E-state index in [0.29, 0.717) is 0 Å². The highest BCUT2D eigenvalue weighted by Gasteiger charge is 2.33. The number of rotatable bonds is 5. The number of hydrogen-bond donors (Lipinski definition) is 0. The normalized spacial score (nSPS) is 35.5. The van der Waals surface area contributed by atoms with Gasteiger partial charge in [-0.25, -0.2) is 0 Å². The molecule has 0 heteroatoms. The van der Waals surface area contributed by atoms with Crippen LogP contribution in [0, 0.1) is 23.7 Å². The largest absolute Gasteiger partial charge is 0.0651 e. The van der Waals surface area contributed by atoms with Crippen molar-refractivity contribution in [1.82, 2.24) is 0 Å². The zero-order valence-corrected chi connectivity index (χ0v) is 9.84. The van der Waals surface area contributed by atoms with Crippen LogP contribution in [0.4, 0.5) is 0 Å². The van der Waals surface area contributed by atoms with E-state index in [2.05, 4.69) is 27.7 Å². The van der Waals surface area contributed by atoms with Crippen molar-refractivity contribution in [3.05, 3.63) is 0 Å². The lowest BCUT2D eigenvalue weighted by Crippen LogP contribution is -2.32. The van der Waals surface area contributed by atoms with Gasteiger partial charge in [-0.3, -0.25) is 0 Å². The van der Waals surface area contributed by atoms with Crippen LogP contribution in [0.25, 0.3) is 0 Å². The standard InChI is InChI=1S/C13H26/c1-5-10(2)7-6-8-13-11(3)9-12(13)4/h10-13H,5-9H2,1-4H3. The molecule has 0 aromatic carbocycles. The van der Waals surface area contributed by atoms with Crippen LogP contribution in [-0.4, -0.2) is 0 Å². The molecule has 3 unspecified atom stereocenters. The first kappa shape index (κ1) is 11.1. The second kappa shape index (κ2) is 5.02. The van der Waals surface area contributed by atoms with Crippen molar-refractivity contribution in [3.63, 3.8) is 0 Å². The maximum Gasteiger partial charge on any atom is -0.0362 e. The van der Waals surface area contributed by atoms with Crippen molar-refractivity contribution in [1.29, 1.82) is 0 Å². The Kier molecular flexibility index (Phi) is 4.28. The fraction of sp³-hybridized carbons (Fsp3) is 1.00. The maximum atomic E-state index is 2.42. The molecule has 0 saturated heterocycles. The van der Waals surface area contributed by atoms with Crippen molar-refractivity contribution in [3.8, 4) is 0 Å². The Morgan fingerprint density at radius 1 is 1.23 bits per heavy atom. The van der Waals surface area contributed by atoms with Crippen LogP contribution in [0.3, 0.4) is 0 Å². The van der Waals surface area contributed by atoms with Crippen LogP contribution in [0.2, 0.25) is 0 Å². The predicted octanol–water partition coefficient (Wildman–Crippen LogP) is 4.49. The fourth-order valence-corrected chi connectivity index (χ4v) is 2.78. The second-order valence-electron chi connectivity index (χ2n) is 5.30. The lowest BCUT2D eigenvalue weighted by molar-refractivity contribution is 0.0885. The molecule has 13 heavy (non-hydrogen) atoms. The molecule has 1 aliphatic carbocycles. The highest BCUT2D eigenvalue weighted by Crippen LogP contribution is 2.42. The fourth-order valence-electron chi connectivity index (χ4n) is 2.78. The molecule has 0 N–H and O–H groups in total. The van der Waals surface area contributed by atoms with Gasteiger partial charge in [0.05, 0.1) is 0 Å². The molecule has 0 bridgehead atoms. The van der Waals surface area contributed by atoms with E-state index in [9.17, 15) is 0 Å². The van der Waals surface area contributed by atoms with Gasteiger partial charge in [0.1, 0.15) is 0 Å². The summed E-state index contributed by atoms with van der Waals surface area (Å²) in [5.41, 5.74) is 0. The Bertz CT molecular complexity index is 131. The van der Waals surface area contributed by atoms with Gasteiger partial charge in [0.15, 0.2) is 0 Å². The van der Waals surface area contributed by atoms with E-state index in [-0.39, 0.29) is 0 Å². The van der Waals surface area contributed by atoms with E-state index < -0.39 is 0 Å². The van der Waals surface area contributed by atoms with Crippen LogP contribution in [-0.2, 0) is 0 Å². The summed E-state index contributed by atoms with van der Waals surface area (Å²) in [4.78, 5) is 0. The van der Waals surface area contributed by atoms with Crippen LogP contribution in [0.15, 0.2) is 0 Å². The smallest absolute Gasteiger partial charge is 0.0362 e. The lowest BCUT2D eigenvalue weighted by Gasteiger charge is -2.41. The minimum absolute atomic E-state index is 0.950. The van der Waals surface area contributed by atoms with E-state index in [1.54, 1.807) is 0 Å². The molecular weight excluding hydrogens is 156 g/mol. The average Bonchev–Trinajstić information content (AvgIpc) is 2.12. The van der Waals surface area contributed by atoms with E-state index in [4.69, 9.17) is 0 Å². The minimum atomic E-state index is 0.950. The summed E-state index contributed by atoms with van der Waals surface area (Å²) in [7, 11) is 0. The van der Waals surface area contributed by atoms with Crippen molar-refractivity contribution in [2.24, 2.45) is 23.7 Å². The van der Waals surface area contributed by atoms with Crippen molar-refractivity contribution < 1.29 is 0 Å². The molecule has 0 spiro atoms. The summed E-state index contributed by atoms with van der Waals surface area (Å²) >= 11 is 0. The maximum absolute atomic E-state index is 2.42. The molecule has 1 fully saturated rings. The van der Waals surface area contributed by atoms with Crippen molar-refractivity contribution >= 4 is 0 Å². The van der Waals surface area contributed by atoms with E-state index in [0.717, 1.165) is 23.7 Å². The summed E-state index contributed by atoms with van der Waals surface area (Å²) in [6.45, 7) is 9.54. The Morgan fingerprint density at radius 3 is 2.31 bits per heavy atom. The highest BCUT2D eigenvalue weighted by atomic mass is 14.4. The SMILES string of the molecule is CCC(C)CCCC1C(C)CC1C. The number of hydrogen-bond acceptors (Lipinski definition) is 0. The molecule has 0 aromatic rings. The predicted molar refractivity (Wildman–Crippen MR) is 59.7 cm³/mol. The second-order valence-corrected chi connectivity index (χ2v) is 5.30. The molecule has 1 saturated carbocycles. The zero-order valence-electron chi connectivity index (χ0n) is 9.84. The monoisotopic (exact) mass is 182 g/mol. The topological polar surface area (TPSA) is 0 Å². The summed E-state index contributed by atoms with van der Waals surface area (Å²) in [6, 6.07) is 0. The molecular formula is C13H26. The van der Waals surface area contributed by atoms with Gasteiger partial charge in [-0.1, -0.05) is 47.0 Å². The molecule has 0 heterocycles. The Hall–Kier alpha value is 0. The third kappa shape index (κ3) is 3.00.